The van der Waals surface area contributed by atoms with Gasteiger partial charge >= 0.3 is 11.9 Å². The molecule has 1 amide bonds. The van der Waals surface area contributed by atoms with Crippen molar-refractivity contribution < 1.29 is 23.9 Å². The van der Waals surface area contributed by atoms with Crippen LogP contribution < -0.4 is 5.32 Å². The van der Waals surface area contributed by atoms with E-state index in [-0.39, 0.29) is 29.8 Å². The summed E-state index contributed by atoms with van der Waals surface area (Å²) < 4.78 is 11.0. The van der Waals surface area contributed by atoms with Gasteiger partial charge in [0.25, 0.3) is 0 Å². The van der Waals surface area contributed by atoms with Gasteiger partial charge in [-0.05, 0) is 76.4 Å². The van der Waals surface area contributed by atoms with Gasteiger partial charge < -0.3 is 19.7 Å². The largest absolute Gasteiger partial charge is 0.466 e. The van der Waals surface area contributed by atoms with E-state index in [1.165, 1.54) is 96.3 Å². The van der Waals surface area contributed by atoms with Gasteiger partial charge in [-0.2, -0.15) is 0 Å². The first-order chi connectivity index (χ1) is 26.7. The number of nitrogens with one attached hydrogen (secondary N) is 1. The maximum absolute atomic E-state index is 12.6. The quantitative estimate of drug-likeness (QED) is 0.0381. The normalized spacial score (nSPS) is 12.6. The highest BCUT2D eigenvalue weighted by atomic mass is 16.5. The second-order valence-electron chi connectivity index (χ2n) is 16.4. The molecule has 0 aromatic rings. The molecule has 55 heavy (non-hydrogen) atoms. The van der Waals surface area contributed by atoms with Gasteiger partial charge in [0.15, 0.2) is 0 Å². The van der Waals surface area contributed by atoms with Gasteiger partial charge in [0, 0.05) is 25.4 Å². The highest BCUT2D eigenvalue weighted by molar-refractivity contribution is 5.76. The summed E-state index contributed by atoms with van der Waals surface area (Å²) in [5.74, 6) is 0.593. The Balaban J connectivity index is 4.10. The predicted molar refractivity (Wildman–Crippen MR) is 231 cm³/mol. The smallest absolute Gasteiger partial charge is 0.306 e. The molecule has 0 aliphatic rings. The minimum Gasteiger partial charge on any atom is -0.466 e. The zero-order chi connectivity index (χ0) is 40.6. The number of hydrogen-bond acceptors (Lipinski definition) is 6. The Bertz CT molecular complexity index is 1050. The van der Waals surface area contributed by atoms with Gasteiger partial charge in [-0.3, -0.25) is 14.4 Å². The third-order valence-electron chi connectivity index (χ3n) is 10.5. The summed E-state index contributed by atoms with van der Waals surface area (Å²) in [5.41, 5.74) is 8.25. The second-order valence-corrected chi connectivity index (χ2v) is 16.4. The zero-order valence-corrected chi connectivity index (χ0v) is 36.6. The minimum absolute atomic E-state index is 0.0287. The molecule has 3 unspecified atom stereocenters. The average molecular weight is 771 g/mol. The Hall–Kier alpha value is -2.55. The van der Waals surface area contributed by atoms with Crippen LogP contribution in [0.25, 0.3) is 0 Å². The highest BCUT2D eigenvalue weighted by Crippen LogP contribution is 2.18. The standard InChI is InChI=1S/C48H86N2O5/c1-7-10-25-32-43(4)41-47(52)54-39-30-23-19-15-13-17-21-28-35-45(49-46(51)37-38-50(5)6)36-29-22-18-14-16-20-24-31-40-55-48(53)42-44(33-26-11-8-2)34-27-12-9-3/h33,43-45H,2,7,9-10,12-25,27-32,34-42H2,1,3-6H3,(H,49,51). The lowest BCUT2D eigenvalue weighted by atomic mass is 9.98. The van der Waals surface area contributed by atoms with E-state index in [4.69, 9.17) is 9.47 Å². The molecule has 1 N–H and O–H groups in total. The van der Waals surface area contributed by atoms with E-state index in [9.17, 15) is 14.4 Å². The number of allylic oxidation sites excluding steroid dienone is 1. The number of rotatable bonds is 39. The summed E-state index contributed by atoms with van der Waals surface area (Å²) in [5, 5.41) is 3.35. The SMILES string of the molecule is C=C=C=C=CC(CCCCC)CC(=O)OCCCCCCCCCCC(CCCCCCCCCCOC(=O)CC(C)CCCCC)NC(=O)CCN(C)C. The molecule has 0 aromatic heterocycles. The Morgan fingerprint density at radius 3 is 1.58 bits per heavy atom. The van der Waals surface area contributed by atoms with E-state index >= 15 is 0 Å². The fourth-order valence-corrected chi connectivity index (χ4v) is 6.97. The van der Waals surface area contributed by atoms with E-state index in [1.54, 1.807) is 0 Å². The predicted octanol–water partition coefficient (Wildman–Crippen LogP) is 12.4. The molecule has 0 radical (unpaired) electrons. The van der Waals surface area contributed by atoms with Gasteiger partial charge in [-0.25, -0.2) is 0 Å². The highest BCUT2D eigenvalue weighted by Gasteiger charge is 2.14. The molecule has 3 atom stereocenters. The van der Waals surface area contributed by atoms with Crippen molar-refractivity contribution in [1.82, 2.24) is 10.2 Å². The summed E-state index contributed by atoms with van der Waals surface area (Å²) in [6.07, 6.45) is 33.5. The molecule has 0 aliphatic heterocycles. The number of carbonyl (C=O) groups excluding carboxylic acids is 3. The fraction of sp³-hybridized carbons (Fsp3) is 0.833. The van der Waals surface area contributed by atoms with Crippen molar-refractivity contribution in [2.24, 2.45) is 11.8 Å². The van der Waals surface area contributed by atoms with E-state index in [2.05, 4.69) is 54.8 Å². The minimum atomic E-state index is -0.119. The lowest BCUT2D eigenvalue weighted by Gasteiger charge is -2.20. The summed E-state index contributed by atoms with van der Waals surface area (Å²) in [6.45, 7) is 11.9. The van der Waals surface area contributed by atoms with Gasteiger partial charge in [0.05, 0.1) is 19.6 Å². The molecule has 0 fully saturated rings. The Morgan fingerprint density at radius 1 is 0.636 bits per heavy atom. The van der Waals surface area contributed by atoms with Crippen molar-refractivity contribution >= 4 is 17.8 Å². The van der Waals surface area contributed by atoms with Crippen molar-refractivity contribution in [2.75, 3.05) is 33.9 Å². The van der Waals surface area contributed by atoms with Gasteiger partial charge in [0.2, 0.25) is 5.91 Å². The first-order valence-corrected chi connectivity index (χ1v) is 22.8. The number of esters is 2. The Morgan fingerprint density at radius 2 is 1.09 bits per heavy atom. The van der Waals surface area contributed by atoms with Crippen LogP contribution in [0.5, 0.6) is 0 Å². The van der Waals surface area contributed by atoms with E-state index in [1.807, 2.05) is 20.2 Å². The first-order valence-electron chi connectivity index (χ1n) is 22.8. The van der Waals surface area contributed by atoms with Crippen molar-refractivity contribution in [2.45, 2.75) is 213 Å². The summed E-state index contributed by atoms with van der Waals surface area (Å²) in [7, 11) is 4.03. The lowest BCUT2D eigenvalue weighted by Crippen LogP contribution is -2.36. The van der Waals surface area contributed by atoms with Crippen molar-refractivity contribution in [3.05, 3.63) is 29.8 Å². The Labute approximate surface area is 339 Å². The van der Waals surface area contributed by atoms with Crippen LogP contribution in [0.3, 0.4) is 0 Å². The topological polar surface area (TPSA) is 84.9 Å². The molecular formula is C48H86N2O5. The van der Waals surface area contributed by atoms with Crippen LogP contribution in [0.4, 0.5) is 0 Å². The molecule has 0 bridgehead atoms. The van der Waals surface area contributed by atoms with Crippen LogP contribution in [0.1, 0.15) is 207 Å². The van der Waals surface area contributed by atoms with Crippen molar-refractivity contribution in [3.8, 4) is 0 Å². The molecule has 0 saturated carbocycles. The molecule has 0 saturated heterocycles. The summed E-state index contributed by atoms with van der Waals surface area (Å²) >= 11 is 0. The van der Waals surface area contributed by atoms with Crippen molar-refractivity contribution in [1.29, 1.82) is 0 Å². The monoisotopic (exact) mass is 771 g/mol. The van der Waals surface area contributed by atoms with E-state index in [0.717, 1.165) is 77.2 Å². The van der Waals surface area contributed by atoms with Gasteiger partial charge in [0.1, 0.15) is 0 Å². The van der Waals surface area contributed by atoms with Crippen LogP contribution in [-0.4, -0.2) is 62.6 Å². The van der Waals surface area contributed by atoms with Crippen LogP contribution in [-0.2, 0) is 23.9 Å². The number of ether oxygens (including phenoxy) is 2. The number of hydrogen-bond donors (Lipinski definition) is 1. The average Bonchev–Trinajstić information content (AvgIpc) is 3.15. The van der Waals surface area contributed by atoms with Crippen LogP contribution in [0, 0.1) is 11.8 Å². The van der Waals surface area contributed by atoms with Crippen LogP contribution in [0.2, 0.25) is 0 Å². The third-order valence-corrected chi connectivity index (χ3v) is 10.5. The van der Waals surface area contributed by atoms with Crippen LogP contribution in [0.15, 0.2) is 29.8 Å². The maximum atomic E-state index is 12.6. The molecule has 0 aromatic carbocycles. The summed E-state index contributed by atoms with van der Waals surface area (Å²) in [4.78, 5) is 39.1. The molecule has 7 nitrogen and oxygen atoms in total. The molecule has 0 rings (SSSR count). The maximum Gasteiger partial charge on any atom is 0.306 e. The molecule has 0 aliphatic carbocycles. The molecule has 0 spiro atoms. The summed E-state index contributed by atoms with van der Waals surface area (Å²) in [6, 6.07) is 0.280. The second kappa shape index (κ2) is 39.7. The fourth-order valence-electron chi connectivity index (χ4n) is 6.97. The van der Waals surface area contributed by atoms with Gasteiger partial charge in [-0.15, -0.1) is 0 Å². The number of amides is 1. The molecular weight excluding hydrogens is 685 g/mol. The van der Waals surface area contributed by atoms with Gasteiger partial charge in [-0.1, -0.05) is 167 Å². The lowest BCUT2D eigenvalue weighted by molar-refractivity contribution is -0.145. The number of carbonyl (C=O) groups is 3. The van der Waals surface area contributed by atoms with Crippen LogP contribution >= 0.6 is 0 Å². The van der Waals surface area contributed by atoms with Crippen molar-refractivity contribution in [3.63, 3.8) is 0 Å². The molecule has 0 heterocycles. The van der Waals surface area contributed by atoms with E-state index in [0.29, 0.717) is 38.4 Å². The zero-order valence-electron chi connectivity index (χ0n) is 36.6. The first kappa shape index (κ1) is 52.5. The molecule has 7 heteroatoms. The Kier molecular flexibility index (Phi) is 37.8. The van der Waals surface area contributed by atoms with E-state index < -0.39 is 0 Å². The molecule has 318 valence electrons. The number of nitrogens with zero attached hydrogens (tertiary/aromatic N) is 1. The third kappa shape index (κ3) is 38.1. The number of unbranched alkanes of at least 4 members (excludes halogenated alkanes) is 18.